The van der Waals surface area contributed by atoms with Crippen molar-refractivity contribution in [3.8, 4) is 0 Å². The van der Waals surface area contributed by atoms with E-state index in [-0.39, 0.29) is 17.8 Å². The van der Waals surface area contributed by atoms with E-state index < -0.39 is 5.97 Å². The third-order valence-corrected chi connectivity index (χ3v) is 3.20. The van der Waals surface area contributed by atoms with Crippen molar-refractivity contribution in [2.75, 3.05) is 26.7 Å². The number of carboxylic acid groups (broad SMARTS) is 1. The van der Waals surface area contributed by atoms with E-state index >= 15 is 0 Å². The summed E-state index contributed by atoms with van der Waals surface area (Å²) in [4.78, 5) is 26.2. The van der Waals surface area contributed by atoms with Crippen LogP contribution >= 0.6 is 0 Å². The van der Waals surface area contributed by atoms with E-state index in [2.05, 4.69) is 24.2 Å². The van der Waals surface area contributed by atoms with Crippen molar-refractivity contribution >= 4 is 12.0 Å². The Morgan fingerprint density at radius 1 is 1.50 bits per heavy atom. The Hall–Kier alpha value is -2.12. The molecule has 0 aliphatic carbocycles. The summed E-state index contributed by atoms with van der Waals surface area (Å²) in [6, 6.07) is 0.000485. The molecule has 0 spiro atoms. The standard InChI is InChI=1S/C12H19N5O3/c1-8(2)4-15(3)12(20)16-5-9(6-16)17-7-10(11(18)19)13-14-17/h7-9H,4-6H2,1-3H3,(H,18,19). The lowest BCUT2D eigenvalue weighted by Crippen LogP contribution is -2.55. The molecule has 1 saturated heterocycles. The van der Waals surface area contributed by atoms with Gasteiger partial charge >= 0.3 is 12.0 Å². The van der Waals surface area contributed by atoms with Gasteiger partial charge in [-0.2, -0.15) is 0 Å². The van der Waals surface area contributed by atoms with Crippen LogP contribution < -0.4 is 0 Å². The van der Waals surface area contributed by atoms with E-state index in [1.54, 1.807) is 16.8 Å². The van der Waals surface area contributed by atoms with Crippen molar-refractivity contribution in [2.45, 2.75) is 19.9 Å². The fourth-order valence-electron chi connectivity index (χ4n) is 2.20. The van der Waals surface area contributed by atoms with Gasteiger partial charge in [0.1, 0.15) is 0 Å². The highest BCUT2D eigenvalue weighted by Crippen LogP contribution is 2.21. The van der Waals surface area contributed by atoms with E-state index in [1.165, 1.54) is 10.9 Å². The summed E-state index contributed by atoms with van der Waals surface area (Å²) in [6.07, 6.45) is 1.40. The predicted octanol–water partition coefficient (Wildman–Crippen LogP) is 0.541. The summed E-state index contributed by atoms with van der Waals surface area (Å²) >= 11 is 0. The molecule has 1 N–H and O–H groups in total. The number of aromatic carboxylic acids is 1. The van der Waals surface area contributed by atoms with Crippen molar-refractivity contribution < 1.29 is 14.7 Å². The topological polar surface area (TPSA) is 91.6 Å². The van der Waals surface area contributed by atoms with Crippen LogP contribution in [-0.4, -0.2) is 68.6 Å². The number of rotatable bonds is 4. The van der Waals surface area contributed by atoms with Crippen LogP contribution in [0.15, 0.2) is 6.20 Å². The second-order valence-electron chi connectivity index (χ2n) is 5.50. The summed E-state index contributed by atoms with van der Waals surface area (Å²) in [5.41, 5.74) is -0.0771. The Morgan fingerprint density at radius 2 is 2.15 bits per heavy atom. The first-order valence-corrected chi connectivity index (χ1v) is 6.53. The predicted molar refractivity (Wildman–Crippen MR) is 70.5 cm³/mol. The highest BCUT2D eigenvalue weighted by Gasteiger charge is 2.34. The molecule has 0 aromatic carbocycles. The summed E-state index contributed by atoms with van der Waals surface area (Å²) in [7, 11) is 1.79. The maximum Gasteiger partial charge on any atom is 0.358 e. The molecule has 20 heavy (non-hydrogen) atoms. The minimum absolute atomic E-state index is 0.00600. The van der Waals surface area contributed by atoms with Gasteiger partial charge < -0.3 is 14.9 Å². The van der Waals surface area contributed by atoms with Gasteiger partial charge in [-0.15, -0.1) is 5.10 Å². The first-order valence-electron chi connectivity index (χ1n) is 6.53. The van der Waals surface area contributed by atoms with E-state index in [0.29, 0.717) is 25.6 Å². The maximum absolute atomic E-state index is 12.1. The summed E-state index contributed by atoms with van der Waals surface area (Å²) in [5, 5.41) is 16.1. The minimum Gasteiger partial charge on any atom is -0.476 e. The number of aromatic nitrogens is 3. The van der Waals surface area contributed by atoms with Gasteiger partial charge in [0, 0.05) is 26.7 Å². The number of hydrogen-bond acceptors (Lipinski definition) is 4. The highest BCUT2D eigenvalue weighted by atomic mass is 16.4. The van der Waals surface area contributed by atoms with Gasteiger partial charge in [0.15, 0.2) is 5.69 Å². The molecule has 1 aliphatic heterocycles. The first-order chi connectivity index (χ1) is 9.38. The van der Waals surface area contributed by atoms with Gasteiger partial charge in [-0.3, -0.25) is 0 Å². The second kappa shape index (κ2) is 5.48. The maximum atomic E-state index is 12.1. The van der Waals surface area contributed by atoms with E-state index in [0.717, 1.165) is 0 Å². The quantitative estimate of drug-likeness (QED) is 0.869. The summed E-state index contributed by atoms with van der Waals surface area (Å²) in [6.45, 7) is 5.90. The smallest absolute Gasteiger partial charge is 0.358 e. The molecule has 0 saturated carbocycles. The average Bonchev–Trinajstić information content (AvgIpc) is 2.75. The molecule has 1 fully saturated rings. The van der Waals surface area contributed by atoms with Gasteiger partial charge in [-0.05, 0) is 5.92 Å². The van der Waals surface area contributed by atoms with E-state index in [1.807, 2.05) is 0 Å². The number of carboxylic acids is 1. The number of urea groups is 1. The Labute approximate surface area is 117 Å². The van der Waals surface area contributed by atoms with Gasteiger partial charge in [0.25, 0.3) is 0 Å². The molecule has 2 rings (SSSR count). The molecular weight excluding hydrogens is 262 g/mol. The Morgan fingerprint density at radius 3 is 2.65 bits per heavy atom. The Bertz CT molecular complexity index is 507. The third kappa shape index (κ3) is 2.89. The summed E-state index contributed by atoms with van der Waals surface area (Å²) < 4.78 is 1.51. The van der Waals surface area contributed by atoms with Crippen molar-refractivity contribution in [2.24, 2.45) is 5.92 Å². The number of nitrogens with zero attached hydrogens (tertiary/aromatic N) is 5. The number of likely N-dealkylation sites (tertiary alicyclic amines) is 1. The molecule has 1 aliphatic rings. The highest BCUT2D eigenvalue weighted by molar-refractivity contribution is 5.84. The lowest BCUT2D eigenvalue weighted by Gasteiger charge is -2.41. The molecule has 1 aromatic heterocycles. The molecule has 8 nitrogen and oxygen atoms in total. The van der Waals surface area contributed by atoms with Crippen LogP contribution in [-0.2, 0) is 0 Å². The Balaban J connectivity index is 1.87. The van der Waals surface area contributed by atoms with Crippen LogP contribution in [0, 0.1) is 5.92 Å². The first kappa shape index (κ1) is 14.3. The molecule has 1 aromatic rings. The molecule has 0 atom stereocenters. The van der Waals surface area contributed by atoms with Crippen molar-refractivity contribution in [1.29, 1.82) is 0 Å². The van der Waals surface area contributed by atoms with Crippen LogP contribution in [0.5, 0.6) is 0 Å². The number of amides is 2. The number of carbonyl (C=O) groups excluding carboxylic acids is 1. The van der Waals surface area contributed by atoms with Crippen molar-refractivity contribution in [3.05, 3.63) is 11.9 Å². The van der Waals surface area contributed by atoms with Crippen LogP contribution in [0.25, 0.3) is 0 Å². The lowest BCUT2D eigenvalue weighted by molar-refractivity contribution is 0.0689. The number of hydrogen-bond donors (Lipinski definition) is 1. The van der Waals surface area contributed by atoms with E-state index in [9.17, 15) is 9.59 Å². The zero-order chi connectivity index (χ0) is 14.9. The van der Waals surface area contributed by atoms with Gasteiger partial charge in [-0.25, -0.2) is 14.3 Å². The van der Waals surface area contributed by atoms with Gasteiger partial charge in [0.05, 0.1) is 12.2 Å². The zero-order valence-corrected chi connectivity index (χ0v) is 11.9. The monoisotopic (exact) mass is 281 g/mol. The van der Waals surface area contributed by atoms with Gasteiger partial charge in [-0.1, -0.05) is 19.1 Å². The fourth-order valence-corrected chi connectivity index (χ4v) is 2.20. The van der Waals surface area contributed by atoms with Gasteiger partial charge in [0.2, 0.25) is 0 Å². The lowest BCUT2D eigenvalue weighted by atomic mass is 10.1. The normalized spacial score (nSPS) is 15.3. The molecule has 8 heteroatoms. The largest absolute Gasteiger partial charge is 0.476 e. The molecule has 110 valence electrons. The molecular formula is C12H19N5O3. The molecule has 0 unspecified atom stereocenters. The fraction of sp³-hybridized carbons (Fsp3) is 0.667. The molecule has 0 radical (unpaired) electrons. The Kier molecular flexibility index (Phi) is 3.91. The van der Waals surface area contributed by atoms with Crippen LogP contribution in [0.4, 0.5) is 4.79 Å². The second-order valence-corrected chi connectivity index (χ2v) is 5.50. The third-order valence-electron chi connectivity index (χ3n) is 3.20. The summed E-state index contributed by atoms with van der Waals surface area (Å²) in [5.74, 6) is -0.672. The number of carbonyl (C=O) groups is 2. The molecule has 2 amide bonds. The van der Waals surface area contributed by atoms with Crippen LogP contribution in [0.3, 0.4) is 0 Å². The minimum atomic E-state index is -1.10. The SMILES string of the molecule is CC(C)CN(C)C(=O)N1CC(n2cc(C(=O)O)nn2)C1. The van der Waals surface area contributed by atoms with Crippen molar-refractivity contribution in [3.63, 3.8) is 0 Å². The van der Waals surface area contributed by atoms with E-state index in [4.69, 9.17) is 5.11 Å². The van der Waals surface area contributed by atoms with Crippen LogP contribution in [0.2, 0.25) is 0 Å². The van der Waals surface area contributed by atoms with Crippen LogP contribution in [0.1, 0.15) is 30.4 Å². The average molecular weight is 281 g/mol. The molecule has 0 bridgehead atoms. The zero-order valence-electron chi connectivity index (χ0n) is 11.9. The molecule has 2 heterocycles. The van der Waals surface area contributed by atoms with Crippen molar-refractivity contribution in [1.82, 2.24) is 24.8 Å².